The van der Waals surface area contributed by atoms with Crippen molar-refractivity contribution in [3.63, 3.8) is 0 Å². The molecule has 0 bridgehead atoms. The monoisotopic (exact) mass is 426 g/mol. The van der Waals surface area contributed by atoms with Gasteiger partial charge < -0.3 is 9.80 Å². The fourth-order valence-electron chi connectivity index (χ4n) is 2.83. The summed E-state index contributed by atoms with van der Waals surface area (Å²) >= 11 is 1.30. The molecule has 1 aromatic carbocycles. The normalized spacial score (nSPS) is 14.7. The van der Waals surface area contributed by atoms with Gasteiger partial charge in [0.15, 0.2) is 0 Å². The molecule has 0 aliphatic carbocycles. The van der Waals surface area contributed by atoms with E-state index >= 15 is 0 Å². The Hall–Kier alpha value is -2.82. The van der Waals surface area contributed by atoms with E-state index in [2.05, 4.69) is 4.98 Å². The Kier molecular flexibility index (Phi) is 6.26. The van der Waals surface area contributed by atoms with Gasteiger partial charge in [0.2, 0.25) is 5.91 Å². The second-order valence-electron chi connectivity index (χ2n) is 6.31. The van der Waals surface area contributed by atoms with E-state index in [1.807, 2.05) is 4.90 Å². The third-order valence-corrected chi connectivity index (χ3v) is 5.44. The number of benzene rings is 1. The predicted octanol–water partition coefficient (Wildman–Crippen LogP) is 3.45. The fraction of sp³-hybridized carbons (Fsp3) is 0.333. The zero-order chi connectivity index (χ0) is 21.0. The minimum atomic E-state index is -4.42. The summed E-state index contributed by atoms with van der Waals surface area (Å²) in [6.07, 6.45) is -3.61. The van der Waals surface area contributed by atoms with E-state index in [4.69, 9.17) is 0 Å². The van der Waals surface area contributed by atoms with Crippen LogP contribution < -0.4 is 4.90 Å². The molecular formula is C18H17F3N4O3S. The highest BCUT2D eigenvalue weighted by Crippen LogP contribution is 2.29. The number of amides is 1. The molecule has 154 valence electrons. The number of nitro groups is 1. The number of aromatic nitrogens is 1. The van der Waals surface area contributed by atoms with Crippen molar-refractivity contribution >= 4 is 29.2 Å². The molecule has 1 fully saturated rings. The van der Waals surface area contributed by atoms with Crippen LogP contribution in [0.4, 0.5) is 24.7 Å². The van der Waals surface area contributed by atoms with Crippen molar-refractivity contribution in [3.8, 4) is 0 Å². The maximum atomic E-state index is 12.6. The van der Waals surface area contributed by atoms with Crippen LogP contribution >= 0.6 is 11.8 Å². The van der Waals surface area contributed by atoms with Gasteiger partial charge in [-0.3, -0.25) is 14.9 Å². The summed E-state index contributed by atoms with van der Waals surface area (Å²) < 4.78 is 37.9. The standard InChI is InChI=1S/C18H17F3N4O3S/c19-18(20,21)13-1-6-16(22-11-13)23-7-9-24(10-8-23)17(26)12-29-15-4-2-14(3-5-15)25(27)28/h1-6,11H,7-10,12H2. The highest BCUT2D eigenvalue weighted by atomic mass is 32.2. The quantitative estimate of drug-likeness (QED) is 0.414. The van der Waals surface area contributed by atoms with Crippen LogP contribution in [0.25, 0.3) is 0 Å². The lowest BCUT2D eigenvalue weighted by atomic mass is 10.2. The number of piperazine rings is 1. The minimum Gasteiger partial charge on any atom is -0.353 e. The lowest BCUT2D eigenvalue weighted by molar-refractivity contribution is -0.384. The van der Waals surface area contributed by atoms with Crippen LogP contribution in [-0.4, -0.2) is 52.6 Å². The van der Waals surface area contributed by atoms with E-state index < -0.39 is 16.7 Å². The summed E-state index contributed by atoms with van der Waals surface area (Å²) in [5.74, 6) is 0.592. The van der Waals surface area contributed by atoms with Crippen LogP contribution in [0.3, 0.4) is 0 Å². The highest BCUT2D eigenvalue weighted by molar-refractivity contribution is 8.00. The van der Waals surface area contributed by atoms with Crippen molar-refractivity contribution in [2.45, 2.75) is 11.1 Å². The molecule has 3 rings (SSSR count). The van der Waals surface area contributed by atoms with E-state index in [-0.39, 0.29) is 17.3 Å². The van der Waals surface area contributed by atoms with Gasteiger partial charge in [-0.1, -0.05) is 0 Å². The number of carbonyl (C=O) groups is 1. The Morgan fingerprint density at radius 1 is 1.10 bits per heavy atom. The first-order valence-electron chi connectivity index (χ1n) is 8.67. The minimum absolute atomic E-state index is 0.00586. The molecule has 1 aromatic heterocycles. The number of hydrogen-bond acceptors (Lipinski definition) is 6. The summed E-state index contributed by atoms with van der Waals surface area (Å²) in [5.41, 5.74) is -0.799. The molecule has 2 heterocycles. The molecule has 0 atom stereocenters. The SMILES string of the molecule is O=C(CSc1ccc([N+](=O)[O-])cc1)N1CCN(c2ccc(C(F)(F)F)cn2)CC1. The van der Waals surface area contributed by atoms with Crippen LogP contribution in [0.5, 0.6) is 0 Å². The Bertz CT molecular complexity index is 867. The lowest BCUT2D eigenvalue weighted by Crippen LogP contribution is -2.49. The van der Waals surface area contributed by atoms with Crippen LogP contribution in [0.1, 0.15) is 5.56 Å². The summed E-state index contributed by atoms with van der Waals surface area (Å²) in [6, 6.07) is 8.32. The van der Waals surface area contributed by atoms with Crippen molar-refractivity contribution in [3.05, 3.63) is 58.3 Å². The number of hydrogen-bond donors (Lipinski definition) is 0. The molecule has 7 nitrogen and oxygen atoms in total. The van der Waals surface area contributed by atoms with E-state index in [9.17, 15) is 28.1 Å². The van der Waals surface area contributed by atoms with E-state index in [0.717, 1.165) is 17.2 Å². The molecule has 29 heavy (non-hydrogen) atoms. The highest BCUT2D eigenvalue weighted by Gasteiger charge is 2.31. The van der Waals surface area contributed by atoms with Crippen molar-refractivity contribution in [2.24, 2.45) is 0 Å². The smallest absolute Gasteiger partial charge is 0.353 e. The third-order valence-electron chi connectivity index (χ3n) is 4.44. The molecule has 0 unspecified atom stereocenters. The molecule has 1 amide bonds. The van der Waals surface area contributed by atoms with Gasteiger partial charge in [-0.2, -0.15) is 13.2 Å². The molecule has 0 spiro atoms. The molecule has 11 heteroatoms. The first-order valence-corrected chi connectivity index (χ1v) is 9.66. The Morgan fingerprint density at radius 2 is 1.76 bits per heavy atom. The Labute approximate surface area is 168 Å². The summed E-state index contributed by atoms with van der Waals surface area (Å²) in [5, 5.41) is 10.7. The number of alkyl halides is 3. The van der Waals surface area contributed by atoms with Gasteiger partial charge in [-0.15, -0.1) is 11.8 Å². The van der Waals surface area contributed by atoms with Gasteiger partial charge in [0.25, 0.3) is 5.69 Å². The van der Waals surface area contributed by atoms with Gasteiger partial charge >= 0.3 is 6.18 Å². The number of nitro benzene ring substituents is 1. The average Bonchev–Trinajstić information content (AvgIpc) is 2.72. The van der Waals surface area contributed by atoms with Gasteiger partial charge in [0.1, 0.15) is 5.82 Å². The number of thioether (sulfide) groups is 1. The topological polar surface area (TPSA) is 79.6 Å². The molecule has 1 aliphatic heterocycles. The first kappa shape index (κ1) is 20.9. The maximum Gasteiger partial charge on any atom is 0.417 e. The largest absolute Gasteiger partial charge is 0.417 e. The molecule has 1 saturated heterocycles. The van der Waals surface area contributed by atoms with Crippen molar-refractivity contribution in [2.75, 3.05) is 36.8 Å². The summed E-state index contributed by atoms with van der Waals surface area (Å²) in [4.78, 5) is 30.7. The predicted molar refractivity (Wildman–Crippen MR) is 102 cm³/mol. The van der Waals surface area contributed by atoms with Crippen LogP contribution in [0.2, 0.25) is 0 Å². The average molecular weight is 426 g/mol. The summed E-state index contributed by atoms with van der Waals surface area (Å²) in [6.45, 7) is 1.85. The van der Waals surface area contributed by atoms with Gasteiger partial charge in [-0.05, 0) is 24.3 Å². The van der Waals surface area contributed by atoms with Crippen molar-refractivity contribution in [1.29, 1.82) is 0 Å². The number of non-ortho nitro benzene ring substituents is 1. The van der Waals surface area contributed by atoms with E-state index in [1.165, 1.54) is 30.0 Å². The second kappa shape index (κ2) is 8.68. The molecule has 2 aromatic rings. The van der Waals surface area contributed by atoms with E-state index in [1.54, 1.807) is 17.0 Å². The van der Waals surface area contributed by atoms with Gasteiger partial charge in [0.05, 0.1) is 16.2 Å². The molecular weight excluding hydrogens is 409 g/mol. The number of halogens is 3. The zero-order valence-corrected chi connectivity index (χ0v) is 15.9. The van der Waals surface area contributed by atoms with Gasteiger partial charge in [0, 0.05) is 49.4 Å². The first-order chi connectivity index (χ1) is 13.7. The zero-order valence-electron chi connectivity index (χ0n) is 15.1. The maximum absolute atomic E-state index is 12.6. The number of carbonyl (C=O) groups excluding carboxylic acids is 1. The molecule has 0 saturated carbocycles. The van der Waals surface area contributed by atoms with Crippen LogP contribution in [-0.2, 0) is 11.0 Å². The number of rotatable bonds is 5. The number of anilines is 1. The molecule has 0 radical (unpaired) electrons. The molecule has 1 aliphatic rings. The van der Waals surface area contributed by atoms with Crippen molar-refractivity contribution < 1.29 is 22.9 Å². The van der Waals surface area contributed by atoms with E-state index in [0.29, 0.717) is 32.0 Å². The van der Waals surface area contributed by atoms with Gasteiger partial charge in [-0.25, -0.2) is 4.98 Å². The van der Waals surface area contributed by atoms with Crippen molar-refractivity contribution in [1.82, 2.24) is 9.88 Å². The molecule has 0 N–H and O–H groups in total. The Morgan fingerprint density at radius 3 is 2.28 bits per heavy atom. The number of pyridine rings is 1. The van der Waals surface area contributed by atoms with Crippen LogP contribution in [0.15, 0.2) is 47.5 Å². The summed E-state index contributed by atoms with van der Waals surface area (Å²) in [7, 11) is 0. The third kappa shape index (κ3) is 5.37. The lowest BCUT2D eigenvalue weighted by Gasteiger charge is -2.35. The second-order valence-corrected chi connectivity index (χ2v) is 7.36. The number of nitrogens with zero attached hydrogens (tertiary/aromatic N) is 4. The Balaban J connectivity index is 1.48. The van der Waals surface area contributed by atoms with Crippen LogP contribution in [0, 0.1) is 10.1 Å². The fourth-order valence-corrected chi connectivity index (χ4v) is 3.63.